The number of carbonyl (C=O) groups excluding carboxylic acids is 1. The van der Waals surface area contributed by atoms with Crippen LogP contribution in [0.5, 0.6) is 11.5 Å². The number of ether oxygens (including phenoxy) is 3. The summed E-state index contributed by atoms with van der Waals surface area (Å²) >= 11 is 0. The Morgan fingerprint density at radius 1 is 1.05 bits per heavy atom. The van der Waals surface area contributed by atoms with Gasteiger partial charge in [0.15, 0.2) is 11.5 Å². The Morgan fingerprint density at radius 2 is 1.77 bits per heavy atom. The number of hydrogen-bond acceptors (Lipinski definition) is 4. The molecule has 4 nitrogen and oxygen atoms in total. The molecule has 0 atom stereocenters. The maximum atomic E-state index is 11.8. The molecule has 0 unspecified atom stereocenters. The first-order valence-electron chi connectivity index (χ1n) is 7.17. The molecule has 0 fully saturated rings. The van der Waals surface area contributed by atoms with Gasteiger partial charge in [-0.2, -0.15) is 0 Å². The summed E-state index contributed by atoms with van der Waals surface area (Å²) in [5.41, 5.74) is 2.70. The quantitative estimate of drug-likeness (QED) is 0.762. The molecule has 0 spiro atoms. The van der Waals surface area contributed by atoms with E-state index in [4.69, 9.17) is 14.2 Å². The van der Waals surface area contributed by atoms with Crippen molar-refractivity contribution < 1.29 is 19.0 Å². The highest BCUT2D eigenvalue weighted by Crippen LogP contribution is 2.29. The van der Waals surface area contributed by atoms with Gasteiger partial charge in [-0.05, 0) is 37.6 Å². The molecule has 0 bridgehead atoms. The number of methoxy groups -OCH3 is 1. The van der Waals surface area contributed by atoms with Crippen LogP contribution in [0, 0.1) is 6.92 Å². The lowest BCUT2D eigenvalue weighted by Crippen LogP contribution is -2.06. The Bertz CT molecular complexity index is 632. The standard InChI is InChI=1S/C18H20O4/c1-4-21-18(19)15-9-10-16(20-3)17(11-15)22-12-14-7-5-13(2)6-8-14/h5-11H,4,12H2,1-3H3. The van der Waals surface area contributed by atoms with E-state index in [0.29, 0.717) is 30.3 Å². The van der Waals surface area contributed by atoms with E-state index >= 15 is 0 Å². The van der Waals surface area contributed by atoms with Crippen molar-refractivity contribution in [2.24, 2.45) is 0 Å². The molecule has 0 amide bonds. The minimum absolute atomic E-state index is 0.338. The molecule has 2 aromatic rings. The van der Waals surface area contributed by atoms with Crippen molar-refractivity contribution >= 4 is 5.97 Å². The van der Waals surface area contributed by atoms with Crippen LogP contribution in [-0.4, -0.2) is 19.7 Å². The normalized spacial score (nSPS) is 10.1. The van der Waals surface area contributed by atoms with Crippen LogP contribution in [-0.2, 0) is 11.3 Å². The second kappa shape index (κ2) is 7.50. The van der Waals surface area contributed by atoms with Gasteiger partial charge in [-0.25, -0.2) is 4.79 Å². The summed E-state index contributed by atoms with van der Waals surface area (Å²) < 4.78 is 16.1. The number of aryl methyl sites for hydroxylation is 1. The molecule has 0 aromatic heterocycles. The molecule has 2 rings (SSSR count). The Hall–Kier alpha value is -2.49. The summed E-state index contributed by atoms with van der Waals surface area (Å²) in [4.78, 5) is 11.8. The van der Waals surface area contributed by atoms with Gasteiger partial charge in [-0.15, -0.1) is 0 Å². The first-order chi connectivity index (χ1) is 10.6. The smallest absolute Gasteiger partial charge is 0.338 e. The molecule has 0 N–H and O–H groups in total. The summed E-state index contributed by atoms with van der Waals surface area (Å²) in [6, 6.07) is 13.1. The second-order valence-electron chi connectivity index (χ2n) is 4.86. The first kappa shape index (κ1) is 15.9. The van der Waals surface area contributed by atoms with Crippen LogP contribution in [0.15, 0.2) is 42.5 Å². The molecule has 0 saturated heterocycles. The number of benzene rings is 2. The van der Waals surface area contributed by atoms with Crippen LogP contribution >= 0.6 is 0 Å². The Labute approximate surface area is 130 Å². The zero-order chi connectivity index (χ0) is 15.9. The molecule has 0 aliphatic heterocycles. The van der Waals surface area contributed by atoms with Crippen molar-refractivity contribution in [1.82, 2.24) is 0 Å². The highest BCUT2D eigenvalue weighted by Gasteiger charge is 2.12. The SMILES string of the molecule is CCOC(=O)c1ccc(OC)c(OCc2ccc(C)cc2)c1. The summed E-state index contributed by atoms with van der Waals surface area (Å²) in [5.74, 6) is 0.735. The molecular weight excluding hydrogens is 280 g/mol. The third kappa shape index (κ3) is 4.01. The number of esters is 1. The lowest BCUT2D eigenvalue weighted by atomic mass is 10.1. The van der Waals surface area contributed by atoms with Crippen LogP contribution in [0.25, 0.3) is 0 Å². The van der Waals surface area contributed by atoms with Gasteiger partial charge in [0.05, 0.1) is 19.3 Å². The van der Waals surface area contributed by atoms with Crippen molar-refractivity contribution in [1.29, 1.82) is 0 Å². The van der Waals surface area contributed by atoms with Gasteiger partial charge in [0.1, 0.15) is 6.61 Å². The summed E-state index contributed by atoms with van der Waals surface area (Å²) in [6.45, 7) is 4.56. The Morgan fingerprint density at radius 3 is 2.41 bits per heavy atom. The van der Waals surface area contributed by atoms with Crippen molar-refractivity contribution in [3.8, 4) is 11.5 Å². The predicted molar refractivity (Wildman–Crippen MR) is 84.5 cm³/mol. The van der Waals surface area contributed by atoms with Crippen LogP contribution in [0.4, 0.5) is 0 Å². The van der Waals surface area contributed by atoms with Crippen LogP contribution in [0.3, 0.4) is 0 Å². The van der Waals surface area contributed by atoms with E-state index in [-0.39, 0.29) is 5.97 Å². The first-order valence-corrected chi connectivity index (χ1v) is 7.17. The molecule has 0 aliphatic carbocycles. The van der Waals surface area contributed by atoms with Crippen molar-refractivity contribution in [3.05, 3.63) is 59.2 Å². The highest BCUT2D eigenvalue weighted by molar-refractivity contribution is 5.90. The molecule has 0 aliphatic rings. The lowest BCUT2D eigenvalue weighted by molar-refractivity contribution is 0.0525. The van der Waals surface area contributed by atoms with Crippen molar-refractivity contribution in [2.75, 3.05) is 13.7 Å². The van der Waals surface area contributed by atoms with Crippen LogP contribution in [0.2, 0.25) is 0 Å². The van der Waals surface area contributed by atoms with Crippen LogP contribution in [0.1, 0.15) is 28.4 Å². The van der Waals surface area contributed by atoms with Crippen LogP contribution < -0.4 is 9.47 Å². The van der Waals surface area contributed by atoms with E-state index in [9.17, 15) is 4.79 Å². The van der Waals surface area contributed by atoms with E-state index in [1.807, 2.05) is 31.2 Å². The highest BCUT2D eigenvalue weighted by atomic mass is 16.5. The number of hydrogen-bond donors (Lipinski definition) is 0. The molecule has 22 heavy (non-hydrogen) atoms. The molecule has 2 aromatic carbocycles. The Kier molecular flexibility index (Phi) is 5.42. The van der Waals surface area contributed by atoms with Gasteiger partial charge in [-0.3, -0.25) is 0 Å². The van der Waals surface area contributed by atoms with E-state index in [2.05, 4.69) is 0 Å². The minimum atomic E-state index is -0.370. The number of rotatable bonds is 6. The molecular formula is C18H20O4. The fraction of sp³-hybridized carbons (Fsp3) is 0.278. The second-order valence-corrected chi connectivity index (χ2v) is 4.86. The fourth-order valence-corrected chi connectivity index (χ4v) is 1.98. The monoisotopic (exact) mass is 300 g/mol. The molecule has 0 radical (unpaired) electrons. The van der Waals surface area contributed by atoms with E-state index in [0.717, 1.165) is 5.56 Å². The van der Waals surface area contributed by atoms with Gasteiger partial charge in [0.2, 0.25) is 0 Å². The average Bonchev–Trinajstić information content (AvgIpc) is 2.54. The van der Waals surface area contributed by atoms with E-state index in [1.54, 1.807) is 32.2 Å². The van der Waals surface area contributed by atoms with Gasteiger partial charge in [0, 0.05) is 0 Å². The van der Waals surface area contributed by atoms with Crippen molar-refractivity contribution in [2.45, 2.75) is 20.5 Å². The third-order valence-electron chi connectivity index (χ3n) is 3.19. The minimum Gasteiger partial charge on any atom is -0.493 e. The topological polar surface area (TPSA) is 44.8 Å². The largest absolute Gasteiger partial charge is 0.493 e. The van der Waals surface area contributed by atoms with Gasteiger partial charge in [-0.1, -0.05) is 29.8 Å². The molecule has 0 heterocycles. The lowest BCUT2D eigenvalue weighted by Gasteiger charge is -2.12. The molecule has 116 valence electrons. The summed E-state index contributed by atoms with van der Waals surface area (Å²) in [7, 11) is 1.57. The number of carbonyl (C=O) groups is 1. The van der Waals surface area contributed by atoms with E-state index < -0.39 is 0 Å². The Balaban J connectivity index is 2.15. The summed E-state index contributed by atoms with van der Waals surface area (Å²) in [5, 5.41) is 0. The fourth-order valence-electron chi connectivity index (χ4n) is 1.98. The zero-order valence-corrected chi connectivity index (χ0v) is 13.1. The van der Waals surface area contributed by atoms with Gasteiger partial charge >= 0.3 is 5.97 Å². The third-order valence-corrected chi connectivity index (χ3v) is 3.19. The predicted octanol–water partition coefficient (Wildman–Crippen LogP) is 3.76. The van der Waals surface area contributed by atoms with Gasteiger partial charge in [0.25, 0.3) is 0 Å². The summed E-state index contributed by atoms with van der Waals surface area (Å²) in [6.07, 6.45) is 0. The maximum absolute atomic E-state index is 11.8. The van der Waals surface area contributed by atoms with Crippen molar-refractivity contribution in [3.63, 3.8) is 0 Å². The average molecular weight is 300 g/mol. The van der Waals surface area contributed by atoms with Gasteiger partial charge < -0.3 is 14.2 Å². The maximum Gasteiger partial charge on any atom is 0.338 e. The van der Waals surface area contributed by atoms with E-state index in [1.165, 1.54) is 5.56 Å². The molecule has 4 heteroatoms. The molecule has 0 saturated carbocycles. The zero-order valence-electron chi connectivity index (χ0n) is 13.1.